The van der Waals surface area contributed by atoms with Crippen molar-refractivity contribution >= 4 is 17.6 Å². The number of ether oxygens (including phenoxy) is 1. The molecular weight excluding hydrogens is 272 g/mol. The van der Waals surface area contributed by atoms with Crippen LogP contribution in [0.4, 0.5) is 10.5 Å². The summed E-state index contributed by atoms with van der Waals surface area (Å²) in [4.78, 5) is 26.8. The second-order valence-electron chi connectivity index (χ2n) is 4.95. The Morgan fingerprint density at radius 1 is 1.19 bits per heavy atom. The lowest BCUT2D eigenvalue weighted by Crippen LogP contribution is -2.49. The highest BCUT2D eigenvalue weighted by molar-refractivity contribution is 5.83. The number of nitrogen functional groups attached to an aromatic ring is 1. The van der Waals surface area contributed by atoms with E-state index < -0.39 is 5.91 Å². The summed E-state index contributed by atoms with van der Waals surface area (Å²) >= 11 is 0. The van der Waals surface area contributed by atoms with Gasteiger partial charge in [0.05, 0.1) is 13.2 Å². The summed E-state index contributed by atoms with van der Waals surface area (Å²) in [6.45, 7) is 2.28. The quantitative estimate of drug-likeness (QED) is 0.763. The molecule has 1 fully saturated rings. The van der Waals surface area contributed by atoms with Crippen LogP contribution in [-0.2, 0) is 16.1 Å². The number of carbonyl (C=O) groups excluding carboxylic acids is 2. The third-order valence-corrected chi connectivity index (χ3v) is 3.25. The van der Waals surface area contributed by atoms with Crippen molar-refractivity contribution in [3.63, 3.8) is 0 Å². The van der Waals surface area contributed by atoms with Gasteiger partial charge in [0.1, 0.15) is 6.54 Å². The van der Waals surface area contributed by atoms with E-state index in [9.17, 15) is 9.59 Å². The van der Waals surface area contributed by atoms with Crippen molar-refractivity contribution in [2.24, 2.45) is 5.73 Å². The van der Waals surface area contributed by atoms with Gasteiger partial charge in [-0.3, -0.25) is 4.79 Å². The summed E-state index contributed by atoms with van der Waals surface area (Å²) in [7, 11) is 0. The van der Waals surface area contributed by atoms with Gasteiger partial charge in [-0.15, -0.1) is 0 Å². The number of anilines is 1. The standard InChI is InChI=1S/C14H20N4O3/c15-12-3-1-11(2-4-12)9-18(10-13(16)19)14(20)17-5-7-21-8-6-17/h1-4H,5-10,15H2,(H2,16,19). The van der Waals surface area contributed by atoms with Crippen LogP contribution >= 0.6 is 0 Å². The molecule has 1 aliphatic heterocycles. The summed E-state index contributed by atoms with van der Waals surface area (Å²) < 4.78 is 5.22. The minimum atomic E-state index is -0.535. The number of primary amides is 1. The van der Waals surface area contributed by atoms with Crippen molar-refractivity contribution < 1.29 is 14.3 Å². The van der Waals surface area contributed by atoms with Crippen LogP contribution in [0, 0.1) is 0 Å². The Morgan fingerprint density at radius 2 is 1.81 bits per heavy atom. The molecule has 0 spiro atoms. The van der Waals surface area contributed by atoms with Gasteiger partial charge >= 0.3 is 6.03 Å². The van der Waals surface area contributed by atoms with Gasteiger partial charge in [0, 0.05) is 25.3 Å². The fraction of sp³-hybridized carbons (Fsp3) is 0.429. The maximum Gasteiger partial charge on any atom is 0.320 e. The lowest BCUT2D eigenvalue weighted by molar-refractivity contribution is -0.118. The van der Waals surface area contributed by atoms with Gasteiger partial charge in [0.15, 0.2) is 0 Å². The molecule has 4 N–H and O–H groups in total. The molecule has 0 saturated carbocycles. The number of morpholine rings is 1. The molecule has 21 heavy (non-hydrogen) atoms. The average Bonchev–Trinajstić information content (AvgIpc) is 2.48. The smallest absolute Gasteiger partial charge is 0.320 e. The predicted octanol–water partition coefficient (Wildman–Crippen LogP) is 0.00830. The fourth-order valence-electron chi connectivity index (χ4n) is 2.18. The highest BCUT2D eigenvalue weighted by Gasteiger charge is 2.24. The summed E-state index contributed by atoms with van der Waals surface area (Å²) in [5, 5.41) is 0. The van der Waals surface area contributed by atoms with Crippen molar-refractivity contribution in [1.29, 1.82) is 0 Å². The van der Waals surface area contributed by atoms with Crippen molar-refractivity contribution in [3.8, 4) is 0 Å². The third kappa shape index (κ3) is 4.35. The molecule has 7 nitrogen and oxygen atoms in total. The van der Waals surface area contributed by atoms with Gasteiger partial charge in [0.25, 0.3) is 0 Å². The van der Waals surface area contributed by atoms with Gasteiger partial charge in [-0.2, -0.15) is 0 Å². The second-order valence-corrected chi connectivity index (χ2v) is 4.95. The molecule has 1 aromatic rings. The number of benzene rings is 1. The zero-order valence-electron chi connectivity index (χ0n) is 11.8. The van der Waals surface area contributed by atoms with E-state index in [-0.39, 0.29) is 12.6 Å². The first kappa shape index (κ1) is 15.1. The highest BCUT2D eigenvalue weighted by atomic mass is 16.5. The monoisotopic (exact) mass is 292 g/mol. The second kappa shape index (κ2) is 6.94. The Kier molecular flexibility index (Phi) is 4.99. The van der Waals surface area contributed by atoms with Gasteiger partial charge in [0.2, 0.25) is 5.91 Å². The topological polar surface area (TPSA) is 102 Å². The van der Waals surface area contributed by atoms with Crippen molar-refractivity contribution in [2.45, 2.75) is 6.54 Å². The number of rotatable bonds is 4. The van der Waals surface area contributed by atoms with E-state index in [4.69, 9.17) is 16.2 Å². The summed E-state index contributed by atoms with van der Waals surface area (Å²) in [5.41, 5.74) is 12.4. The van der Waals surface area contributed by atoms with Crippen LogP contribution in [0.15, 0.2) is 24.3 Å². The molecule has 0 atom stereocenters. The highest BCUT2D eigenvalue weighted by Crippen LogP contribution is 2.11. The molecule has 0 aliphatic carbocycles. The largest absolute Gasteiger partial charge is 0.399 e. The first-order valence-electron chi connectivity index (χ1n) is 6.80. The summed E-state index contributed by atoms with van der Waals surface area (Å²) in [6, 6.07) is 6.98. The van der Waals surface area contributed by atoms with Crippen LogP contribution in [0.3, 0.4) is 0 Å². The number of amides is 3. The lowest BCUT2D eigenvalue weighted by Gasteiger charge is -2.32. The van der Waals surface area contributed by atoms with Gasteiger partial charge < -0.3 is 26.0 Å². The van der Waals surface area contributed by atoms with Crippen LogP contribution in [0.5, 0.6) is 0 Å². The molecular formula is C14H20N4O3. The van der Waals surface area contributed by atoms with E-state index in [0.717, 1.165) is 5.56 Å². The Labute approximate surface area is 123 Å². The van der Waals surface area contributed by atoms with E-state index in [1.807, 2.05) is 12.1 Å². The van der Waals surface area contributed by atoms with Gasteiger partial charge in [-0.1, -0.05) is 12.1 Å². The molecule has 2 rings (SSSR count). The molecule has 0 aromatic heterocycles. The SMILES string of the molecule is NC(=O)CN(Cc1ccc(N)cc1)C(=O)N1CCOCC1. The van der Waals surface area contributed by atoms with Crippen LogP contribution in [0.25, 0.3) is 0 Å². The first-order valence-corrected chi connectivity index (χ1v) is 6.80. The van der Waals surface area contributed by atoms with E-state index in [2.05, 4.69) is 0 Å². The van der Waals surface area contributed by atoms with Crippen LogP contribution in [-0.4, -0.2) is 54.6 Å². The number of hydrogen-bond donors (Lipinski definition) is 2. The number of urea groups is 1. The molecule has 3 amide bonds. The molecule has 1 heterocycles. The summed E-state index contributed by atoms with van der Waals surface area (Å²) in [5.74, 6) is -0.535. The van der Waals surface area contributed by atoms with E-state index in [1.54, 1.807) is 17.0 Å². The Bertz CT molecular complexity index is 497. The molecule has 0 bridgehead atoms. The van der Waals surface area contributed by atoms with Gasteiger partial charge in [-0.05, 0) is 17.7 Å². The normalized spacial score (nSPS) is 14.8. The first-order chi connectivity index (χ1) is 10.1. The summed E-state index contributed by atoms with van der Waals surface area (Å²) in [6.07, 6.45) is 0. The van der Waals surface area contributed by atoms with E-state index in [1.165, 1.54) is 4.90 Å². The lowest BCUT2D eigenvalue weighted by atomic mass is 10.2. The van der Waals surface area contributed by atoms with Crippen molar-refractivity contribution in [1.82, 2.24) is 9.80 Å². The molecule has 0 radical (unpaired) electrons. The Morgan fingerprint density at radius 3 is 2.38 bits per heavy atom. The number of nitrogens with zero attached hydrogens (tertiary/aromatic N) is 2. The minimum absolute atomic E-state index is 0.111. The maximum atomic E-state index is 12.5. The van der Waals surface area contributed by atoms with E-state index in [0.29, 0.717) is 38.5 Å². The molecule has 7 heteroatoms. The Hall–Kier alpha value is -2.28. The van der Waals surface area contributed by atoms with Crippen molar-refractivity contribution in [2.75, 3.05) is 38.6 Å². The van der Waals surface area contributed by atoms with Crippen molar-refractivity contribution in [3.05, 3.63) is 29.8 Å². The number of nitrogens with two attached hydrogens (primary N) is 2. The molecule has 1 aliphatic rings. The predicted molar refractivity (Wildman–Crippen MR) is 78.2 cm³/mol. The van der Waals surface area contributed by atoms with Crippen LogP contribution < -0.4 is 11.5 Å². The molecule has 0 unspecified atom stereocenters. The fourth-order valence-corrected chi connectivity index (χ4v) is 2.18. The average molecular weight is 292 g/mol. The molecule has 1 saturated heterocycles. The van der Waals surface area contributed by atoms with Crippen LogP contribution in [0.1, 0.15) is 5.56 Å². The minimum Gasteiger partial charge on any atom is -0.399 e. The maximum absolute atomic E-state index is 12.5. The molecule has 1 aromatic carbocycles. The zero-order chi connectivity index (χ0) is 15.2. The number of hydrogen-bond acceptors (Lipinski definition) is 4. The number of carbonyl (C=O) groups is 2. The third-order valence-electron chi connectivity index (χ3n) is 3.25. The van der Waals surface area contributed by atoms with Crippen LogP contribution in [0.2, 0.25) is 0 Å². The van der Waals surface area contributed by atoms with E-state index >= 15 is 0 Å². The molecule has 114 valence electrons. The zero-order valence-corrected chi connectivity index (χ0v) is 11.8. The Balaban J connectivity index is 2.07. The van der Waals surface area contributed by atoms with Gasteiger partial charge in [-0.25, -0.2) is 4.79 Å².